The molecular weight excluding hydrogens is 246 g/mol. The number of ether oxygens (including phenoxy) is 1. The van der Waals surface area contributed by atoms with Crippen molar-refractivity contribution in [3.63, 3.8) is 0 Å². The first-order chi connectivity index (χ1) is 7.44. The fourth-order valence-corrected chi connectivity index (χ4v) is 0.883. The number of nitrogens with zero attached hydrogens (tertiary/aromatic N) is 1. The second-order valence-corrected chi connectivity index (χ2v) is 3.50. The van der Waals surface area contributed by atoms with Gasteiger partial charge in [-0.15, -0.1) is 12.4 Å². The highest BCUT2D eigenvalue weighted by molar-refractivity contribution is 6.05. The number of carbonyl (C=O) groups is 2. The van der Waals surface area contributed by atoms with E-state index in [0.717, 1.165) is 0 Å². The first-order valence-electron chi connectivity index (χ1n) is 4.59. The second kappa shape index (κ2) is 6.17. The summed E-state index contributed by atoms with van der Waals surface area (Å²) in [4.78, 5) is 26.1. The summed E-state index contributed by atoms with van der Waals surface area (Å²) >= 11 is 0. The molecule has 0 unspecified atom stereocenters. The third-order valence-electron chi connectivity index (χ3n) is 2.03. The largest absolute Gasteiger partial charge is 0.459 e. The highest BCUT2D eigenvalue weighted by atomic mass is 35.5. The predicted octanol–water partition coefficient (Wildman–Crippen LogP) is -0.251. The molecule has 1 aromatic heterocycles. The van der Waals surface area contributed by atoms with Crippen LogP contribution < -0.4 is 11.5 Å². The van der Waals surface area contributed by atoms with Crippen LogP contribution in [0.4, 0.5) is 0 Å². The van der Waals surface area contributed by atoms with E-state index in [9.17, 15) is 9.59 Å². The Balaban J connectivity index is 0.00000256. The lowest BCUT2D eigenvalue weighted by Gasteiger charge is -2.18. The zero-order valence-electron chi connectivity index (χ0n) is 9.25. The molecule has 1 atom stereocenters. The Labute approximate surface area is 105 Å². The van der Waals surface area contributed by atoms with Gasteiger partial charge in [0, 0.05) is 18.0 Å². The molecule has 0 saturated heterocycles. The minimum atomic E-state index is -1.80. The maximum atomic E-state index is 11.4. The molecule has 1 aromatic rings. The SMILES string of the molecule is C[C@@](N)(C(N)=O)C(=O)OCc1cccnc1.Cl. The van der Waals surface area contributed by atoms with Gasteiger partial charge in [0.25, 0.3) is 0 Å². The summed E-state index contributed by atoms with van der Waals surface area (Å²) in [6.45, 7) is 1.22. The average molecular weight is 260 g/mol. The van der Waals surface area contributed by atoms with E-state index in [1.54, 1.807) is 24.5 Å². The van der Waals surface area contributed by atoms with Crippen molar-refractivity contribution >= 4 is 24.3 Å². The Morgan fingerprint density at radius 2 is 2.18 bits per heavy atom. The number of carbonyl (C=O) groups excluding carboxylic acids is 2. The van der Waals surface area contributed by atoms with E-state index in [1.807, 2.05) is 0 Å². The molecule has 0 radical (unpaired) electrons. The van der Waals surface area contributed by atoms with Crippen LogP contribution in [0.1, 0.15) is 12.5 Å². The van der Waals surface area contributed by atoms with Crippen LogP contribution in [0.15, 0.2) is 24.5 Å². The molecule has 0 aromatic carbocycles. The molecule has 0 aliphatic rings. The number of aromatic nitrogens is 1. The standard InChI is InChI=1S/C10H13N3O3.ClH/c1-10(12,8(11)14)9(15)16-6-7-3-2-4-13-5-7;/h2-5H,6,12H2,1H3,(H2,11,14);1H/t10-;/m1./s1. The van der Waals surface area contributed by atoms with Gasteiger partial charge in [0.05, 0.1) is 0 Å². The zero-order valence-corrected chi connectivity index (χ0v) is 10.1. The molecule has 1 amide bonds. The number of hydrogen-bond acceptors (Lipinski definition) is 5. The fraction of sp³-hybridized carbons (Fsp3) is 0.300. The van der Waals surface area contributed by atoms with Gasteiger partial charge in [-0.2, -0.15) is 0 Å². The van der Waals surface area contributed by atoms with Gasteiger partial charge in [-0.05, 0) is 13.0 Å². The summed E-state index contributed by atoms with van der Waals surface area (Å²) in [5.74, 6) is -1.78. The summed E-state index contributed by atoms with van der Waals surface area (Å²) < 4.78 is 4.85. The Morgan fingerprint density at radius 1 is 1.53 bits per heavy atom. The normalized spacial score (nSPS) is 13.1. The smallest absolute Gasteiger partial charge is 0.335 e. The maximum Gasteiger partial charge on any atom is 0.335 e. The lowest BCUT2D eigenvalue weighted by atomic mass is 10.0. The van der Waals surface area contributed by atoms with E-state index in [4.69, 9.17) is 16.2 Å². The maximum absolute atomic E-state index is 11.4. The summed E-state index contributed by atoms with van der Waals surface area (Å²) in [6.07, 6.45) is 3.15. The molecular formula is C10H14ClN3O3. The van der Waals surface area contributed by atoms with Crippen LogP contribution >= 0.6 is 12.4 Å². The second-order valence-electron chi connectivity index (χ2n) is 3.50. The summed E-state index contributed by atoms with van der Waals surface area (Å²) in [5, 5.41) is 0. The molecule has 0 aliphatic heterocycles. The van der Waals surface area contributed by atoms with Crippen LogP contribution in [-0.2, 0) is 20.9 Å². The summed E-state index contributed by atoms with van der Waals surface area (Å²) in [7, 11) is 0. The number of nitrogens with two attached hydrogens (primary N) is 2. The van der Waals surface area contributed by atoms with Crippen LogP contribution in [0.2, 0.25) is 0 Å². The predicted molar refractivity (Wildman–Crippen MR) is 63.1 cm³/mol. The molecule has 0 spiro atoms. The van der Waals surface area contributed by atoms with Crippen LogP contribution in [0.3, 0.4) is 0 Å². The molecule has 0 fully saturated rings. The number of pyridine rings is 1. The molecule has 7 heteroatoms. The van der Waals surface area contributed by atoms with Gasteiger partial charge in [-0.1, -0.05) is 6.07 Å². The molecule has 6 nitrogen and oxygen atoms in total. The Hall–Kier alpha value is -1.66. The van der Waals surface area contributed by atoms with E-state index in [-0.39, 0.29) is 19.0 Å². The quantitative estimate of drug-likeness (QED) is 0.572. The lowest BCUT2D eigenvalue weighted by Crippen LogP contribution is -2.56. The first kappa shape index (κ1) is 15.3. The molecule has 17 heavy (non-hydrogen) atoms. The van der Waals surface area contributed by atoms with Gasteiger partial charge in [-0.3, -0.25) is 9.78 Å². The van der Waals surface area contributed by atoms with E-state index in [1.165, 1.54) is 6.92 Å². The highest BCUT2D eigenvalue weighted by Crippen LogP contribution is 2.05. The molecule has 94 valence electrons. The lowest BCUT2D eigenvalue weighted by molar-refractivity contribution is -0.154. The molecule has 4 N–H and O–H groups in total. The zero-order chi connectivity index (χ0) is 12.2. The van der Waals surface area contributed by atoms with E-state index < -0.39 is 17.4 Å². The number of amides is 1. The van der Waals surface area contributed by atoms with Crippen LogP contribution in [0.5, 0.6) is 0 Å². The highest BCUT2D eigenvalue weighted by Gasteiger charge is 2.36. The van der Waals surface area contributed by atoms with Crippen molar-refractivity contribution in [2.24, 2.45) is 11.5 Å². The Bertz CT molecular complexity index is 395. The number of halogens is 1. The van der Waals surface area contributed by atoms with Crippen LogP contribution in [0, 0.1) is 0 Å². The van der Waals surface area contributed by atoms with Gasteiger partial charge in [0.2, 0.25) is 5.91 Å². The summed E-state index contributed by atoms with van der Waals surface area (Å²) in [5.41, 5.74) is 9.27. The van der Waals surface area contributed by atoms with E-state index >= 15 is 0 Å². The van der Waals surface area contributed by atoms with Crippen LogP contribution in [-0.4, -0.2) is 22.4 Å². The Kier molecular flexibility index (Phi) is 5.57. The minimum absolute atomic E-state index is 0. The van der Waals surface area contributed by atoms with Crippen molar-refractivity contribution in [3.05, 3.63) is 30.1 Å². The molecule has 1 rings (SSSR count). The minimum Gasteiger partial charge on any atom is -0.459 e. The monoisotopic (exact) mass is 259 g/mol. The third-order valence-corrected chi connectivity index (χ3v) is 2.03. The van der Waals surface area contributed by atoms with Crippen molar-refractivity contribution in [1.82, 2.24) is 4.98 Å². The van der Waals surface area contributed by atoms with Crippen molar-refractivity contribution < 1.29 is 14.3 Å². The van der Waals surface area contributed by atoms with Crippen molar-refractivity contribution in [1.29, 1.82) is 0 Å². The number of hydrogen-bond donors (Lipinski definition) is 2. The average Bonchev–Trinajstić information content (AvgIpc) is 2.27. The van der Waals surface area contributed by atoms with Gasteiger partial charge in [0.1, 0.15) is 6.61 Å². The Morgan fingerprint density at radius 3 is 2.65 bits per heavy atom. The number of rotatable bonds is 4. The van der Waals surface area contributed by atoms with Gasteiger partial charge >= 0.3 is 5.97 Å². The van der Waals surface area contributed by atoms with Crippen molar-refractivity contribution in [2.75, 3.05) is 0 Å². The number of primary amides is 1. The topological polar surface area (TPSA) is 108 Å². The molecule has 0 saturated carbocycles. The fourth-order valence-electron chi connectivity index (χ4n) is 0.883. The molecule has 1 heterocycles. The summed E-state index contributed by atoms with van der Waals surface area (Å²) in [6, 6.07) is 3.44. The van der Waals surface area contributed by atoms with E-state index in [0.29, 0.717) is 5.56 Å². The first-order valence-corrected chi connectivity index (χ1v) is 4.59. The molecule has 0 aliphatic carbocycles. The van der Waals surface area contributed by atoms with Crippen molar-refractivity contribution in [2.45, 2.75) is 19.1 Å². The van der Waals surface area contributed by atoms with E-state index in [2.05, 4.69) is 4.98 Å². The van der Waals surface area contributed by atoms with Gasteiger partial charge in [-0.25, -0.2) is 4.79 Å². The number of esters is 1. The van der Waals surface area contributed by atoms with Crippen molar-refractivity contribution in [3.8, 4) is 0 Å². The third kappa shape index (κ3) is 4.01. The van der Waals surface area contributed by atoms with Gasteiger partial charge in [0.15, 0.2) is 5.54 Å². The van der Waals surface area contributed by atoms with Crippen LogP contribution in [0.25, 0.3) is 0 Å². The van der Waals surface area contributed by atoms with Gasteiger partial charge < -0.3 is 16.2 Å². The molecule has 0 bridgehead atoms.